The third kappa shape index (κ3) is 1.13. The molecule has 2 heteroatoms. The van der Waals surface area contributed by atoms with E-state index in [-0.39, 0.29) is 5.54 Å². The average molecular weight is 212 g/mol. The Kier molecular flexibility index (Phi) is 1.87. The van der Waals surface area contributed by atoms with Crippen LogP contribution in [0.2, 0.25) is 0 Å². The molecule has 3 rings (SSSR count). The van der Waals surface area contributed by atoms with E-state index in [0.29, 0.717) is 0 Å². The van der Waals surface area contributed by atoms with Crippen molar-refractivity contribution in [3.05, 3.63) is 48.3 Å². The van der Waals surface area contributed by atoms with Crippen molar-refractivity contribution in [2.45, 2.75) is 25.8 Å². The predicted molar refractivity (Wildman–Crippen MR) is 67.0 cm³/mol. The molecule has 2 aromatic rings. The number of fused-ring (bicyclic) bond motifs is 3. The number of para-hydroxylation sites is 2. The number of anilines is 1. The fraction of sp³-hybridized carbons (Fsp3) is 0.286. The summed E-state index contributed by atoms with van der Waals surface area (Å²) in [6.07, 6.45) is 3.22. The van der Waals surface area contributed by atoms with Gasteiger partial charge in [0.05, 0.1) is 16.9 Å². The van der Waals surface area contributed by atoms with Gasteiger partial charge in [-0.05, 0) is 37.6 Å². The molecule has 2 heterocycles. The van der Waals surface area contributed by atoms with Gasteiger partial charge in [-0.3, -0.25) is 0 Å². The van der Waals surface area contributed by atoms with Crippen LogP contribution in [0.4, 0.5) is 5.69 Å². The lowest BCUT2D eigenvalue weighted by Crippen LogP contribution is -2.36. The van der Waals surface area contributed by atoms with Gasteiger partial charge in [0.25, 0.3) is 0 Å². The zero-order valence-electron chi connectivity index (χ0n) is 9.70. The number of aromatic nitrogens is 1. The topological polar surface area (TPSA) is 17.0 Å². The van der Waals surface area contributed by atoms with Gasteiger partial charge in [0.15, 0.2) is 0 Å². The van der Waals surface area contributed by atoms with Crippen molar-refractivity contribution >= 4 is 5.69 Å². The smallest absolute Gasteiger partial charge is 0.0749 e. The minimum Gasteiger partial charge on any atom is -0.373 e. The Morgan fingerprint density at radius 1 is 1.19 bits per heavy atom. The molecular formula is C14H16N2. The second kappa shape index (κ2) is 3.14. The molecule has 1 unspecified atom stereocenters. The van der Waals surface area contributed by atoms with Gasteiger partial charge >= 0.3 is 0 Å². The predicted octanol–water partition coefficient (Wildman–Crippen LogP) is 3.53. The van der Waals surface area contributed by atoms with Gasteiger partial charge in [-0.1, -0.05) is 19.1 Å². The first-order valence-electron chi connectivity index (χ1n) is 5.80. The molecule has 1 atom stereocenters. The Bertz CT molecular complexity index is 527. The van der Waals surface area contributed by atoms with Crippen LogP contribution in [0.15, 0.2) is 42.6 Å². The summed E-state index contributed by atoms with van der Waals surface area (Å²) in [6, 6.07) is 12.8. The molecule has 1 aromatic heterocycles. The molecule has 0 aliphatic carbocycles. The molecule has 1 aliphatic heterocycles. The SMILES string of the molecule is CCC1(C)Nc2ccccc2-n2cccc21. The highest BCUT2D eigenvalue weighted by Gasteiger charge is 2.32. The molecule has 0 bridgehead atoms. The van der Waals surface area contributed by atoms with Gasteiger partial charge in [0, 0.05) is 11.9 Å². The van der Waals surface area contributed by atoms with Crippen LogP contribution in [-0.2, 0) is 5.54 Å². The molecule has 0 fully saturated rings. The first-order valence-corrected chi connectivity index (χ1v) is 5.80. The first kappa shape index (κ1) is 9.52. The molecule has 16 heavy (non-hydrogen) atoms. The van der Waals surface area contributed by atoms with E-state index in [4.69, 9.17) is 0 Å². The zero-order valence-corrected chi connectivity index (χ0v) is 9.70. The van der Waals surface area contributed by atoms with E-state index in [0.717, 1.165) is 6.42 Å². The maximum atomic E-state index is 3.64. The fourth-order valence-electron chi connectivity index (χ4n) is 2.46. The quantitative estimate of drug-likeness (QED) is 0.765. The molecule has 0 saturated carbocycles. The van der Waals surface area contributed by atoms with Gasteiger partial charge in [-0.2, -0.15) is 0 Å². The number of nitrogens with zero attached hydrogens (tertiary/aromatic N) is 1. The minimum atomic E-state index is 0.0395. The summed E-state index contributed by atoms with van der Waals surface area (Å²) < 4.78 is 2.29. The van der Waals surface area contributed by atoms with Gasteiger partial charge in [0.1, 0.15) is 0 Å². The molecule has 0 radical (unpaired) electrons. The lowest BCUT2D eigenvalue weighted by atomic mass is 9.91. The maximum Gasteiger partial charge on any atom is 0.0749 e. The van der Waals surface area contributed by atoms with Crippen molar-refractivity contribution in [1.82, 2.24) is 4.57 Å². The Balaban J connectivity index is 2.27. The monoisotopic (exact) mass is 212 g/mol. The van der Waals surface area contributed by atoms with Crippen LogP contribution in [0.25, 0.3) is 5.69 Å². The highest BCUT2D eigenvalue weighted by atomic mass is 15.1. The largest absolute Gasteiger partial charge is 0.373 e. The Morgan fingerprint density at radius 3 is 2.81 bits per heavy atom. The molecule has 0 amide bonds. The molecule has 1 aliphatic rings. The highest BCUT2D eigenvalue weighted by molar-refractivity contribution is 5.66. The van der Waals surface area contributed by atoms with E-state index >= 15 is 0 Å². The van der Waals surface area contributed by atoms with E-state index in [1.807, 2.05) is 0 Å². The normalized spacial score (nSPS) is 22.1. The summed E-state index contributed by atoms with van der Waals surface area (Å²) >= 11 is 0. The molecule has 1 aromatic carbocycles. The average Bonchev–Trinajstić information content (AvgIpc) is 2.79. The summed E-state index contributed by atoms with van der Waals surface area (Å²) in [4.78, 5) is 0. The summed E-state index contributed by atoms with van der Waals surface area (Å²) in [5.41, 5.74) is 3.84. The minimum absolute atomic E-state index is 0.0395. The Labute approximate surface area is 95.9 Å². The number of nitrogens with one attached hydrogen (secondary N) is 1. The number of rotatable bonds is 1. The Morgan fingerprint density at radius 2 is 2.00 bits per heavy atom. The van der Waals surface area contributed by atoms with E-state index in [2.05, 4.69) is 66.3 Å². The van der Waals surface area contributed by atoms with Gasteiger partial charge in [-0.25, -0.2) is 0 Å². The number of hydrogen-bond donors (Lipinski definition) is 1. The Hall–Kier alpha value is -1.70. The summed E-state index contributed by atoms with van der Waals surface area (Å²) in [5, 5.41) is 3.64. The second-order valence-electron chi connectivity index (χ2n) is 4.59. The van der Waals surface area contributed by atoms with Crippen LogP contribution in [0.5, 0.6) is 0 Å². The summed E-state index contributed by atoms with van der Waals surface area (Å²) in [6.45, 7) is 4.48. The molecule has 0 saturated heterocycles. The van der Waals surface area contributed by atoms with E-state index < -0.39 is 0 Å². The molecular weight excluding hydrogens is 196 g/mol. The van der Waals surface area contributed by atoms with Gasteiger partial charge in [-0.15, -0.1) is 0 Å². The van der Waals surface area contributed by atoms with Crippen LogP contribution in [-0.4, -0.2) is 4.57 Å². The van der Waals surface area contributed by atoms with Crippen molar-refractivity contribution in [1.29, 1.82) is 0 Å². The summed E-state index contributed by atoms with van der Waals surface area (Å²) in [7, 11) is 0. The maximum absolute atomic E-state index is 3.64. The third-order valence-electron chi connectivity index (χ3n) is 3.60. The molecule has 82 valence electrons. The van der Waals surface area contributed by atoms with Crippen molar-refractivity contribution in [3.8, 4) is 5.69 Å². The lowest BCUT2D eigenvalue weighted by molar-refractivity contribution is 0.488. The fourth-order valence-corrected chi connectivity index (χ4v) is 2.46. The first-order chi connectivity index (χ1) is 7.74. The lowest BCUT2D eigenvalue weighted by Gasteiger charge is -2.37. The van der Waals surface area contributed by atoms with Crippen LogP contribution < -0.4 is 5.32 Å². The van der Waals surface area contributed by atoms with Crippen molar-refractivity contribution < 1.29 is 0 Å². The number of hydrogen-bond acceptors (Lipinski definition) is 1. The third-order valence-corrected chi connectivity index (χ3v) is 3.60. The van der Waals surface area contributed by atoms with Crippen LogP contribution >= 0.6 is 0 Å². The second-order valence-corrected chi connectivity index (χ2v) is 4.59. The molecule has 0 spiro atoms. The van der Waals surface area contributed by atoms with E-state index in [1.165, 1.54) is 17.1 Å². The highest BCUT2D eigenvalue weighted by Crippen LogP contribution is 2.38. The number of benzene rings is 1. The molecule has 1 N–H and O–H groups in total. The van der Waals surface area contributed by atoms with Crippen LogP contribution in [0.3, 0.4) is 0 Å². The van der Waals surface area contributed by atoms with Crippen molar-refractivity contribution in [2.75, 3.05) is 5.32 Å². The molecule has 2 nitrogen and oxygen atoms in total. The van der Waals surface area contributed by atoms with Crippen molar-refractivity contribution in [3.63, 3.8) is 0 Å². The van der Waals surface area contributed by atoms with E-state index in [9.17, 15) is 0 Å². The van der Waals surface area contributed by atoms with Crippen LogP contribution in [0, 0.1) is 0 Å². The van der Waals surface area contributed by atoms with E-state index in [1.54, 1.807) is 0 Å². The van der Waals surface area contributed by atoms with Crippen molar-refractivity contribution in [2.24, 2.45) is 0 Å². The van der Waals surface area contributed by atoms with Crippen LogP contribution in [0.1, 0.15) is 26.0 Å². The summed E-state index contributed by atoms with van der Waals surface area (Å²) in [5.74, 6) is 0. The van der Waals surface area contributed by atoms with Gasteiger partial charge in [0.2, 0.25) is 0 Å². The zero-order chi connectivity index (χ0) is 11.2. The van der Waals surface area contributed by atoms with Gasteiger partial charge < -0.3 is 9.88 Å². The standard InChI is InChI=1S/C14H16N2/c1-3-14(2)13-9-6-10-16(13)12-8-5-4-7-11(12)15-14/h4-10,15H,3H2,1-2H3.